The van der Waals surface area contributed by atoms with Crippen LogP contribution in [0.4, 0.5) is 16.2 Å². The molecule has 0 fully saturated rings. The second-order valence-electron chi connectivity index (χ2n) is 4.12. The average molecular weight is 417 g/mol. The molecular formula is C14H10ClIN2O3. The number of anilines is 2. The zero-order chi connectivity index (χ0) is 15.4. The van der Waals surface area contributed by atoms with Crippen molar-refractivity contribution in [3.8, 4) is 0 Å². The number of halogens is 2. The molecule has 2 rings (SSSR count). The smallest absolute Gasteiger partial charge is 0.335 e. The Morgan fingerprint density at radius 3 is 2.43 bits per heavy atom. The van der Waals surface area contributed by atoms with Crippen LogP contribution in [0.1, 0.15) is 10.4 Å². The molecule has 0 radical (unpaired) electrons. The molecule has 2 aromatic carbocycles. The lowest BCUT2D eigenvalue weighted by Crippen LogP contribution is -2.19. The van der Waals surface area contributed by atoms with Crippen molar-refractivity contribution in [2.24, 2.45) is 0 Å². The van der Waals surface area contributed by atoms with Gasteiger partial charge in [-0.25, -0.2) is 9.59 Å². The Labute approximate surface area is 139 Å². The first kappa shape index (κ1) is 15.6. The second-order valence-corrected chi connectivity index (χ2v) is 5.81. The van der Waals surface area contributed by atoms with Gasteiger partial charge in [0.25, 0.3) is 0 Å². The van der Waals surface area contributed by atoms with Gasteiger partial charge in [-0.05, 0) is 59.0 Å². The Hall–Kier alpha value is -1.80. The highest BCUT2D eigenvalue weighted by atomic mass is 127. The number of hydrogen-bond donors (Lipinski definition) is 3. The summed E-state index contributed by atoms with van der Waals surface area (Å²) in [5.41, 5.74) is 0.954. The van der Waals surface area contributed by atoms with Crippen LogP contribution in [-0.2, 0) is 0 Å². The molecule has 0 aliphatic rings. The van der Waals surface area contributed by atoms with Crippen molar-refractivity contribution < 1.29 is 14.7 Å². The van der Waals surface area contributed by atoms with Crippen LogP contribution in [0.5, 0.6) is 0 Å². The molecule has 0 aliphatic heterocycles. The van der Waals surface area contributed by atoms with Gasteiger partial charge < -0.3 is 15.7 Å². The van der Waals surface area contributed by atoms with Crippen LogP contribution < -0.4 is 10.6 Å². The molecule has 0 spiro atoms. The van der Waals surface area contributed by atoms with Gasteiger partial charge in [0.15, 0.2) is 0 Å². The third kappa shape index (κ3) is 4.61. The number of rotatable bonds is 3. The summed E-state index contributed by atoms with van der Waals surface area (Å²) in [6, 6.07) is 10.9. The van der Waals surface area contributed by atoms with Crippen molar-refractivity contribution in [3.05, 3.63) is 56.6 Å². The molecule has 0 saturated carbocycles. The quantitative estimate of drug-likeness (QED) is 0.653. The number of urea groups is 1. The SMILES string of the molecule is O=C(Nc1cccc(I)c1)Nc1cc(Cl)cc(C(=O)O)c1. The number of amides is 2. The molecule has 0 bridgehead atoms. The molecule has 2 amide bonds. The second kappa shape index (κ2) is 6.77. The number of benzene rings is 2. The fourth-order valence-electron chi connectivity index (χ4n) is 1.64. The highest BCUT2D eigenvalue weighted by Crippen LogP contribution is 2.20. The molecule has 21 heavy (non-hydrogen) atoms. The summed E-state index contributed by atoms with van der Waals surface area (Å²) in [7, 11) is 0. The Morgan fingerprint density at radius 1 is 1.05 bits per heavy atom. The number of hydrogen-bond acceptors (Lipinski definition) is 2. The highest BCUT2D eigenvalue weighted by Gasteiger charge is 2.09. The van der Waals surface area contributed by atoms with Gasteiger partial charge in [0.1, 0.15) is 0 Å². The lowest BCUT2D eigenvalue weighted by Gasteiger charge is -2.09. The van der Waals surface area contributed by atoms with Crippen LogP contribution in [0.15, 0.2) is 42.5 Å². The van der Waals surface area contributed by atoms with Crippen LogP contribution in [0.25, 0.3) is 0 Å². The Morgan fingerprint density at radius 2 is 1.76 bits per heavy atom. The number of aromatic carboxylic acids is 1. The lowest BCUT2D eigenvalue weighted by atomic mass is 10.2. The lowest BCUT2D eigenvalue weighted by molar-refractivity contribution is 0.0697. The predicted octanol–water partition coefficient (Wildman–Crippen LogP) is 4.29. The van der Waals surface area contributed by atoms with E-state index in [-0.39, 0.29) is 10.6 Å². The predicted molar refractivity (Wildman–Crippen MR) is 90.2 cm³/mol. The maximum Gasteiger partial charge on any atom is 0.335 e. The fraction of sp³-hybridized carbons (Fsp3) is 0. The number of carboxylic acid groups (broad SMARTS) is 1. The maximum absolute atomic E-state index is 11.9. The summed E-state index contributed by atoms with van der Waals surface area (Å²) in [5.74, 6) is -1.11. The first-order valence-corrected chi connectivity index (χ1v) is 7.27. The number of carbonyl (C=O) groups excluding carboxylic acids is 1. The average Bonchev–Trinajstić information content (AvgIpc) is 2.37. The maximum atomic E-state index is 11.9. The van der Waals surface area contributed by atoms with Crippen LogP contribution in [0, 0.1) is 3.57 Å². The van der Waals surface area contributed by atoms with E-state index in [0.29, 0.717) is 11.4 Å². The van der Waals surface area contributed by atoms with E-state index in [0.717, 1.165) is 3.57 Å². The van der Waals surface area contributed by atoms with E-state index in [1.807, 2.05) is 12.1 Å². The van der Waals surface area contributed by atoms with Crippen molar-refractivity contribution in [2.45, 2.75) is 0 Å². The largest absolute Gasteiger partial charge is 0.478 e. The van der Waals surface area contributed by atoms with Crippen molar-refractivity contribution in [1.29, 1.82) is 0 Å². The summed E-state index contributed by atoms with van der Waals surface area (Å²) in [6.45, 7) is 0. The molecular weight excluding hydrogens is 407 g/mol. The van der Waals surface area contributed by atoms with Gasteiger partial charge in [-0.2, -0.15) is 0 Å². The Kier molecular flexibility index (Phi) is 5.03. The van der Waals surface area contributed by atoms with Gasteiger partial charge in [0.05, 0.1) is 5.56 Å². The van der Waals surface area contributed by atoms with Gasteiger partial charge in [0, 0.05) is 20.0 Å². The van der Waals surface area contributed by atoms with Gasteiger partial charge in [-0.15, -0.1) is 0 Å². The summed E-state index contributed by atoms with van der Waals surface area (Å²) in [6.07, 6.45) is 0. The van der Waals surface area contributed by atoms with E-state index in [1.165, 1.54) is 18.2 Å². The summed E-state index contributed by atoms with van der Waals surface area (Å²) in [4.78, 5) is 22.8. The van der Waals surface area contributed by atoms with E-state index in [9.17, 15) is 9.59 Å². The van der Waals surface area contributed by atoms with E-state index in [1.54, 1.807) is 12.1 Å². The van der Waals surface area contributed by atoms with Gasteiger partial charge in [-0.1, -0.05) is 17.7 Å². The molecule has 0 saturated heterocycles. The standard InChI is InChI=1S/C14H10ClIN2O3/c15-9-4-8(13(19)20)5-12(6-9)18-14(21)17-11-3-1-2-10(16)7-11/h1-7H,(H,19,20)(H2,17,18,21). The normalized spacial score (nSPS) is 10.0. The van der Waals surface area contributed by atoms with Gasteiger partial charge in [0.2, 0.25) is 0 Å². The zero-order valence-electron chi connectivity index (χ0n) is 10.6. The van der Waals surface area contributed by atoms with Crippen molar-refractivity contribution in [2.75, 3.05) is 10.6 Å². The number of carbonyl (C=O) groups is 2. The molecule has 0 aliphatic carbocycles. The molecule has 0 aromatic heterocycles. The summed E-state index contributed by atoms with van der Waals surface area (Å²) in [5, 5.41) is 14.4. The number of carboxylic acids is 1. The molecule has 3 N–H and O–H groups in total. The molecule has 0 atom stereocenters. The first-order valence-electron chi connectivity index (χ1n) is 5.81. The molecule has 5 nitrogen and oxygen atoms in total. The van der Waals surface area contributed by atoms with Crippen LogP contribution in [0.3, 0.4) is 0 Å². The Bertz CT molecular complexity index is 706. The molecule has 2 aromatic rings. The molecule has 0 unspecified atom stereocenters. The van der Waals surface area contributed by atoms with E-state index in [2.05, 4.69) is 33.2 Å². The minimum absolute atomic E-state index is 0.00654. The van der Waals surface area contributed by atoms with Crippen LogP contribution >= 0.6 is 34.2 Å². The molecule has 108 valence electrons. The topological polar surface area (TPSA) is 78.4 Å². The molecule has 0 heterocycles. The zero-order valence-corrected chi connectivity index (χ0v) is 13.5. The third-order valence-corrected chi connectivity index (χ3v) is 3.37. The van der Waals surface area contributed by atoms with Crippen molar-refractivity contribution >= 4 is 57.6 Å². The van der Waals surface area contributed by atoms with Gasteiger partial charge in [-0.3, -0.25) is 0 Å². The van der Waals surface area contributed by atoms with Crippen molar-refractivity contribution in [3.63, 3.8) is 0 Å². The summed E-state index contributed by atoms with van der Waals surface area (Å²) >= 11 is 7.96. The molecule has 7 heteroatoms. The van der Waals surface area contributed by atoms with E-state index in [4.69, 9.17) is 16.7 Å². The minimum atomic E-state index is -1.11. The van der Waals surface area contributed by atoms with Crippen LogP contribution in [-0.4, -0.2) is 17.1 Å². The number of nitrogens with one attached hydrogen (secondary N) is 2. The van der Waals surface area contributed by atoms with Crippen molar-refractivity contribution in [1.82, 2.24) is 0 Å². The Balaban J connectivity index is 2.11. The monoisotopic (exact) mass is 416 g/mol. The third-order valence-electron chi connectivity index (χ3n) is 2.49. The van der Waals surface area contributed by atoms with Gasteiger partial charge >= 0.3 is 12.0 Å². The highest BCUT2D eigenvalue weighted by molar-refractivity contribution is 14.1. The van der Waals surface area contributed by atoms with Crippen LogP contribution in [0.2, 0.25) is 5.02 Å². The first-order chi connectivity index (χ1) is 9.94. The fourth-order valence-corrected chi connectivity index (χ4v) is 2.42. The van der Waals surface area contributed by atoms with E-state index >= 15 is 0 Å². The minimum Gasteiger partial charge on any atom is -0.478 e. The summed E-state index contributed by atoms with van der Waals surface area (Å²) < 4.78 is 0.987. The van der Waals surface area contributed by atoms with E-state index < -0.39 is 12.0 Å².